The van der Waals surface area contributed by atoms with Gasteiger partial charge in [-0.25, -0.2) is 0 Å². The molecule has 0 saturated carbocycles. The molecule has 0 aliphatic carbocycles. The molecule has 0 rings (SSSR count). The Morgan fingerprint density at radius 3 is 1.20 bits per heavy atom. The molecule has 0 aliphatic heterocycles. The first-order valence-electron chi connectivity index (χ1n) is 0.856. The van der Waals surface area contributed by atoms with Gasteiger partial charge in [0, 0.05) is 0 Å². The molecule has 0 spiro atoms. The van der Waals surface area contributed by atoms with Gasteiger partial charge >= 0.3 is 39.9 Å². The first kappa shape index (κ1) is 5.59. The summed E-state index contributed by atoms with van der Waals surface area (Å²) >= 11 is -0.636. The van der Waals surface area contributed by atoms with E-state index in [0.29, 0.717) is 0 Å². The van der Waals surface area contributed by atoms with Crippen LogP contribution >= 0.6 is 0 Å². The summed E-state index contributed by atoms with van der Waals surface area (Å²) in [6.07, 6.45) is 0. The molecule has 0 aromatic carbocycles. The van der Waals surface area contributed by atoms with Crippen LogP contribution in [0.25, 0.3) is 0 Å². The van der Waals surface area contributed by atoms with Crippen molar-refractivity contribution < 1.29 is 13.2 Å². The van der Waals surface area contributed by atoms with Crippen molar-refractivity contribution in [3.05, 3.63) is 0 Å². The van der Waals surface area contributed by atoms with Gasteiger partial charge in [-0.3, -0.25) is 0 Å². The third kappa shape index (κ3) is 88.7. The molecule has 0 aliphatic rings. The summed E-state index contributed by atoms with van der Waals surface area (Å²) in [5.74, 6) is 0. The standard InChI is InChI=1S/CF3.Sn.H/c2-1(3)4;;. The van der Waals surface area contributed by atoms with Crippen molar-refractivity contribution in [1.29, 1.82) is 0 Å². The Kier molecular flexibility index (Phi) is 1.52. The zero-order valence-corrected chi connectivity index (χ0v) is 5.51. The first-order valence-corrected chi connectivity index (χ1v) is 2.50. The molecule has 0 saturated heterocycles. The Hall–Kier alpha value is 0.589. The molecule has 2 radical (unpaired) electrons. The van der Waals surface area contributed by atoms with Crippen LogP contribution in [-0.4, -0.2) is 26.7 Å². The molecule has 0 nitrogen and oxygen atoms in total. The minimum atomic E-state index is -3.87. The van der Waals surface area contributed by atoms with Gasteiger partial charge in [-0.2, -0.15) is 0 Å². The van der Waals surface area contributed by atoms with Gasteiger partial charge in [0.05, 0.1) is 0 Å². The van der Waals surface area contributed by atoms with Gasteiger partial charge in [-0.1, -0.05) is 0 Å². The van der Waals surface area contributed by atoms with Crippen molar-refractivity contribution >= 4 is 22.5 Å². The van der Waals surface area contributed by atoms with E-state index < -0.39 is 26.7 Å². The maximum atomic E-state index is 10.4. The Labute approximate surface area is 40.4 Å². The second kappa shape index (κ2) is 1.36. The van der Waals surface area contributed by atoms with E-state index in [1.54, 1.807) is 0 Å². The second-order valence-corrected chi connectivity index (χ2v) is 2.41. The SMILES string of the molecule is F[C](F)(F)[SnH]. The van der Waals surface area contributed by atoms with Crippen LogP contribution in [0.4, 0.5) is 13.2 Å². The van der Waals surface area contributed by atoms with Crippen molar-refractivity contribution in [2.45, 2.75) is 4.19 Å². The molecule has 0 amide bonds. The van der Waals surface area contributed by atoms with Crippen LogP contribution in [-0.2, 0) is 0 Å². The summed E-state index contributed by atoms with van der Waals surface area (Å²) in [5.41, 5.74) is 0. The fourth-order valence-electron chi connectivity index (χ4n) is 0. The molecular formula is CHF3Sn. The Morgan fingerprint density at radius 2 is 1.20 bits per heavy atom. The molecule has 30 valence electrons. The summed E-state index contributed by atoms with van der Waals surface area (Å²) in [6, 6.07) is 0. The fraction of sp³-hybridized carbons (Fsp3) is 1.00. The van der Waals surface area contributed by atoms with Crippen LogP contribution in [0.5, 0.6) is 0 Å². The van der Waals surface area contributed by atoms with Gasteiger partial charge in [-0.15, -0.1) is 0 Å². The fourth-order valence-corrected chi connectivity index (χ4v) is 0. The summed E-state index contributed by atoms with van der Waals surface area (Å²) in [4.78, 5) is 0. The number of alkyl halides is 3. The topological polar surface area (TPSA) is 0 Å². The molecule has 0 fully saturated rings. The van der Waals surface area contributed by atoms with Crippen LogP contribution in [0.2, 0.25) is 0 Å². The number of halogens is 3. The van der Waals surface area contributed by atoms with Gasteiger partial charge in [0.25, 0.3) is 0 Å². The van der Waals surface area contributed by atoms with Gasteiger partial charge in [0.2, 0.25) is 0 Å². The van der Waals surface area contributed by atoms with Crippen LogP contribution in [0.3, 0.4) is 0 Å². The average molecular weight is 189 g/mol. The number of hydrogen-bond donors (Lipinski definition) is 0. The average Bonchev–Trinajstić information content (AvgIpc) is 0.722. The third-order valence-electron chi connectivity index (χ3n) is 0. The van der Waals surface area contributed by atoms with E-state index in [2.05, 4.69) is 0 Å². The van der Waals surface area contributed by atoms with E-state index in [4.69, 9.17) is 0 Å². The molecule has 0 bridgehead atoms. The predicted molar refractivity (Wildman–Crippen MR) is 13.2 cm³/mol. The van der Waals surface area contributed by atoms with E-state index in [0.717, 1.165) is 0 Å². The number of rotatable bonds is 0. The van der Waals surface area contributed by atoms with Gasteiger partial charge in [-0.05, 0) is 0 Å². The van der Waals surface area contributed by atoms with Crippen LogP contribution < -0.4 is 0 Å². The quantitative estimate of drug-likeness (QED) is 0.483. The van der Waals surface area contributed by atoms with E-state index in [1.165, 1.54) is 0 Å². The second-order valence-electron chi connectivity index (χ2n) is 0.542. The van der Waals surface area contributed by atoms with Crippen molar-refractivity contribution in [3.63, 3.8) is 0 Å². The zero-order valence-electron chi connectivity index (χ0n) is 2.21. The van der Waals surface area contributed by atoms with E-state index in [-0.39, 0.29) is 0 Å². The molecule has 4 heteroatoms. The van der Waals surface area contributed by atoms with Crippen molar-refractivity contribution in [3.8, 4) is 0 Å². The molecule has 0 unspecified atom stereocenters. The maximum absolute atomic E-state index is 10.4. The summed E-state index contributed by atoms with van der Waals surface area (Å²) in [5, 5.41) is 0. The summed E-state index contributed by atoms with van der Waals surface area (Å²) in [6.45, 7) is 0. The van der Waals surface area contributed by atoms with E-state index >= 15 is 0 Å². The van der Waals surface area contributed by atoms with E-state index in [1.807, 2.05) is 0 Å². The van der Waals surface area contributed by atoms with Crippen LogP contribution in [0.1, 0.15) is 0 Å². The first-order chi connectivity index (χ1) is 2.00. The Bertz CT molecular complexity index is 22.4. The Balaban J connectivity index is 3.02. The van der Waals surface area contributed by atoms with Crippen molar-refractivity contribution in [2.24, 2.45) is 0 Å². The molecular weight excluding hydrogens is 188 g/mol. The van der Waals surface area contributed by atoms with Crippen molar-refractivity contribution in [1.82, 2.24) is 0 Å². The Morgan fingerprint density at radius 1 is 1.20 bits per heavy atom. The molecule has 0 heterocycles. The third-order valence-corrected chi connectivity index (χ3v) is 0. The normalized spacial score (nSPS) is 12.0. The van der Waals surface area contributed by atoms with Crippen molar-refractivity contribution in [2.75, 3.05) is 0 Å². The predicted octanol–water partition coefficient (Wildman–Crippen LogP) is 0.407. The van der Waals surface area contributed by atoms with Crippen LogP contribution in [0, 0.1) is 0 Å². The molecule has 0 atom stereocenters. The van der Waals surface area contributed by atoms with Gasteiger partial charge < -0.3 is 0 Å². The minimum absolute atomic E-state index is 0.636. The van der Waals surface area contributed by atoms with Crippen LogP contribution in [0.15, 0.2) is 0 Å². The molecule has 0 aromatic heterocycles. The van der Waals surface area contributed by atoms with Gasteiger partial charge in [0.1, 0.15) is 0 Å². The van der Waals surface area contributed by atoms with Gasteiger partial charge in [0.15, 0.2) is 0 Å². The molecule has 0 aromatic rings. The monoisotopic (exact) mass is 190 g/mol. The number of hydrogen-bond acceptors (Lipinski definition) is 0. The zero-order chi connectivity index (χ0) is 4.50. The summed E-state index contributed by atoms with van der Waals surface area (Å²) in [7, 11) is 0. The van der Waals surface area contributed by atoms with E-state index in [9.17, 15) is 13.2 Å². The molecule has 0 N–H and O–H groups in total. The molecule has 5 heavy (non-hydrogen) atoms. The summed E-state index contributed by atoms with van der Waals surface area (Å²) < 4.78 is 27.4.